The molecule has 2 rings (SSSR count). The molecule has 1 aliphatic rings. The molecular formula is C7H5FN2OS. The smallest absolute Gasteiger partial charge is 0.306 e. The van der Waals surface area contributed by atoms with Crippen LogP contribution < -0.4 is 10.0 Å². The summed E-state index contributed by atoms with van der Waals surface area (Å²) in [5, 5.41) is 2.55. The molecule has 2 N–H and O–H groups in total. The van der Waals surface area contributed by atoms with E-state index >= 15 is 0 Å². The predicted molar refractivity (Wildman–Crippen MR) is 44.4 cm³/mol. The summed E-state index contributed by atoms with van der Waals surface area (Å²) >= 11 is 1.11. The van der Waals surface area contributed by atoms with Crippen molar-refractivity contribution in [1.29, 1.82) is 0 Å². The highest BCUT2D eigenvalue weighted by molar-refractivity contribution is 7.98. The molecule has 1 aromatic rings. The zero-order chi connectivity index (χ0) is 8.55. The molecule has 0 atom stereocenters. The highest BCUT2D eigenvalue weighted by Gasteiger charge is 2.14. The zero-order valence-corrected chi connectivity index (χ0v) is 6.74. The van der Waals surface area contributed by atoms with Crippen LogP contribution in [0, 0.1) is 5.82 Å². The molecule has 2 amide bonds. The van der Waals surface area contributed by atoms with Crippen molar-refractivity contribution in [3.63, 3.8) is 0 Å². The second-order valence-electron chi connectivity index (χ2n) is 2.30. The predicted octanol–water partition coefficient (Wildman–Crippen LogP) is 1.97. The number of urea groups is 1. The van der Waals surface area contributed by atoms with Gasteiger partial charge in [0.1, 0.15) is 5.82 Å². The van der Waals surface area contributed by atoms with Crippen molar-refractivity contribution in [2.45, 2.75) is 4.90 Å². The number of anilines is 1. The van der Waals surface area contributed by atoms with Crippen LogP contribution in [0.15, 0.2) is 23.1 Å². The number of benzene rings is 1. The first kappa shape index (κ1) is 7.42. The number of carbonyl (C=O) groups excluding carboxylic acids is 1. The normalized spacial score (nSPS) is 14.6. The zero-order valence-electron chi connectivity index (χ0n) is 5.93. The topological polar surface area (TPSA) is 41.1 Å². The summed E-state index contributed by atoms with van der Waals surface area (Å²) in [5.41, 5.74) is 0.644. The molecule has 0 spiro atoms. The van der Waals surface area contributed by atoms with E-state index in [0.717, 1.165) is 11.9 Å². The molecule has 0 saturated carbocycles. The summed E-state index contributed by atoms with van der Waals surface area (Å²) in [6.07, 6.45) is 0. The highest BCUT2D eigenvalue weighted by Crippen LogP contribution is 2.28. The summed E-state index contributed by atoms with van der Waals surface area (Å²) in [6.45, 7) is 0. The summed E-state index contributed by atoms with van der Waals surface area (Å²) in [4.78, 5) is 11.5. The Morgan fingerprint density at radius 2 is 2.25 bits per heavy atom. The van der Waals surface area contributed by atoms with Gasteiger partial charge in [-0.15, -0.1) is 0 Å². The monoisotopic (exact) mass is 184 g/mol. The third kappa shape index (κ3) is 1.23. The van der Waals surface area contributed by atoms with E-state index in [0.29, 0.717) is 10.6 Å². The first-order valence-electron chi connectivity index (χ1n) is 3.29. The number of hydrogen-bond acceptors (Lipinski definition) is 2. The van der Waals surface area contributed by atoms with Gasteiger partial charge in [-0.2, -0.15) is 0 Å². The fourth-order valence-corrected chi connectivity index (χ4v) is 1.59. The highest BCUT2D eigenvalue weighted by atomic mass is 32.2. The summed E-state index contributed by atoms with van der Waals surface area (Å²) in [5.74, 6) is -0.306. The van der Waals surface area contributed by atoms with Gasteiger partial charge in [0, 0.05) is 0 Å². The standard InChI is InChI=1S/C7H5FN2OS/c8-4-1-2-5-6(3-4)12-10-7(11)9-5/h1-3H,(H2,9,10,11). The molecule has 0 bridgehead atoms. The molecule has 62 valence electrons. The lowest BCUT2D eigenvalue weighted by Crippen LogP contribution is -2.26. The molecule has 0 saturated heterocycles. The molecule has 1 aliphatic heterocycles. The van der Waals surface area contributed by atoms with Crippen LogP contribution in [0.5, 0.6) is 0 Å². The van der Waals surface area contributed by atoms with E-state index in [-0.39, 0.29) is 11.8 Å². The summed E-state index contributed by atoms with van der Waals surface area (Å²) < 4.78 is 15.1. The Hall–Kier alpha value is -1.23. The summed E-state index contributed by atoms with van der Waals surface area (Å²) in [7, 11) is 0. The molecule has 1 aromatic carbocycles. The molecule has 3 nitrogen and oxygen atoms in total. The van der Waals surface area contributed by atoms with Crippen molar-refractivity contribution >= 4 is 23.7 Å². The molecular weight excluding hydrogens is 179 g/mol. The fourth-order valence-electron chi connectivity index (χ4n) is 0.933. The van der Waals surface area contributed by atoms with Crippen LogP contribution in [0.2, 0.25) is 0 Å². The Bertz CT molecular complexity index is 342. The third-order valence-corrected chi connectivity index (χ3v) is 2.29. The van der Waals surface area contributed by atoms with Gasteiger partial charge in [-0.05, 0) is 30.1 Å². The van der Waals surface area contributed by atoms with Gasteiger partial charge in [0.2, 0.25) is 0 Å². The van der Waals surface area contributed by atoms with Gasteiger partial charge in [-0.3, -0.25) is 4.72 Å². The quantitative estimate of drug-likeness (QED) is 0.605. The average Bonchev–Trinajstić information content (AvgIpc) is 2.05. The molecule has 0 fully saturated rings. The number of fused-ring (bicyclic) bond motifs is 1. The van der Waals surface area contributed by atoms with Crippen LogP contribution in [-0.2, 0) is 0 Å². The largest absolute Gasteiger partial charge is 0.329 e. The number of halogens is 1. The maximum atomic E-state index is 12.6. The van der Waals surface area contributed by atoms with Gasteiger partial charge >= 0.3 is 6.03 Å². The third-order valence-electron chi connectivity index (χ3n) is 1.45. The lowest BCUT2D eigenvalue weighted by molar-refractivity contribution is 0.257. The van der Waals surface area contributed by atoms with Crippen molar-refractivity contribution in [1.82, 2.24) is 4.72 Å². The number of amides is 2. The minimum atomic E-state index is -0.306. The van der Waals surface area contributed by atoms with Crippen molar-refractivity contribution in [3.05, 3.63) is 24.0 Å². The first-order chi connectivity index (χ1) is 5.75. The molecule has 0 aromatic heterocycles. The van der Waals surface area contributed by atoms with Crippen LogP contribution in [0.3, 0.4) is 0 Å². The Morgan fingerprint density at radius 3 is 3.08 bits per heavy atom. The van der Waals surface area contributed by atoms with Gasteiger partial charge < -0.3 is 5.32 Å². The van der Waals surface area contributed by atoms with Crippen molar-refractivity contribution in [2.75, 3.05) is 5.32 Å². The molecule has 1 heterocycles. The van der Waals surface area contributed by atoms with E-state index < -0.39 is 0 Å². The fraction of sp³-hybridized carbons (Fsp3) is 0. The molecule has 5 heteroatoms. The van der Waals surface area contributed by atoms with E-state index in [9.17, 15) is 9.18 Å². The van der Waals surface area contributed by atoms with Crippen LogP contribution in [0.4, 0.5) is 14.9 Å². The Balaban J connectivity index is 2.43. The van der Waals surface area contributed by atoms with Crippen LogP contribution in [-0.4, -0.2) is 6.03 Å². The van der Waals surface area contributed by atoms with Gasteiger partial charge in [0.05, 0.1) is 10.6 Å². The van der Waals surface area contributed by atoms with E-state index in [1.165, 1.54) is 18.2 Å². The number of carbonyl (C=O) groups is 1. The SMILES string of the molecule is O=C1NSc2cc(F)ccc2N1. The molecule has 0 radical (unpaired) electrons. The van der Waals surface area contributed by atoms with Gasteiger partial charge in [-0.1, -0.05) is 0 Å². The molecule has 12 heavy (non-hydrogen) atoms. The molecule has 0 aliphatic carbocycles. The van der Waals surface area contributed by atoms with Gasteiger partial charge in [-0.25, -0.2) is 9.18 Å². The van der Waals surface area contributed by atoms with Gasteiger partial charge in [0.15, 0.2) is 0 Å². The number of rotatable bonds is 0. The van der Waals surface area contributed by atoms with E-state index in [2.05, 4.69) is 10.0 Å². The summed E-state index contributed by atoms with van der Waals surface area (Å²) in [6, 6.07) is 3.94. The van der Waals surface area contributed by atoms with Crippen LogP contribution in [0.1, 0.15) is 0 Å². The van der Waals surface area contributed by atoms with Crippen LogP contribution >= 0.6 is 11.9 Å². The van der Waals surface area contributed by atoms with E-state index in [1.807, 2.05) is 0 Å². The van der Waals surface area contributed by atoms with Crippen molar-refractivity contribution in [2.24, 2.45) is 0 Å². The van der Waals surface area contributed by atoms with Crippen molar-refractivity contribution in [3.8, 4) is 0 Å². The minimum absolute atomic E-state index is 0.279. The number of hydrogen-bond donors (Lipinski definition) is 2. The van der Waals surface area contributed by atoms with Crippen molar-refractivity contribution < 1.29 is 9.18 Å². The Morgan fingerprint density at radius 1 is 1.42 bits per heavy atom. The van der Waals surface area contributed by atoms with E-state index in [4.69, 9.17) is 0 Å². The Labute approximate surface area is 72.5 Å². The second kappa shape index (κ2) is 2.67. The Kier molecular flexibility index (Phi) is 1.65. The second-order valence-corrected chi connectivity index (χ2v) is 3.15. The minimum Gasteiger partial charge on any atom is -0.306 e. The maximum absolute atomic E-state index is 12.6. The molecule has 0 unspecified atom stereocenters. The number of nitrogens with one attached hydrogen (secondary N) is 2. The lowest BCUT2D eigenvalue weighted by Gasteiger charge is -2.16. The average molecular weight is 184 g/mol. The van der Waals surface area contributed by atoms with Crippen LogP contribution in [0.25, 0.3) is 0 Å². The first-order valence-corrected chi connectivity index (χ1v) is 4.11. The van der Waals surface area contributed by atoms with E-state index in [1.54, 1.807) is 0 Å². The van der Waals surface area contributed by atoms with Gasteiger partial charge in [0.25, 0.3) is 0 Å². The maximum Gasteiger partial charge on any atom is 0.329 e. The lowest BCUT2D eigenvalue weighted by atomic mass is 10.3.